The van der Waals surface area contributed by atoms with Crippen LogP contribution in [-0.4, -0.2) is 58.5 Å². The summed E-state index contributed by atoms with van der Waals surface area (Å²) in [5.41, 5.74) is 12.5. The largest absolute Gasteiger partial charge is 0.424 e. The highest BCUT2D eigenvalue weighted by Crippen LogP contribution is 2.38. The fourth-order valence-electron chi connectivity index (χ4n) is 6.15. The molecule has 2 aromatic carbocycles. The lowest BCUT2D eigenvalue weighted by Gasteiger charge is -2.38. The molecule has 2 aromatic heterocycles. The van der Waals surface area contributed by atoms with Crippen LogP contribution in [0.15, 0.2) is 48.8 Å². The van der Waals surface area contributed by atoms with Gasteiger partial charge < -0.3 is 20.4 Å². The van der Waals surface area contributed by atoms with Crippen LogP contribution in [0.2, 0.25) is 0 Å². The molecule has 0 radical (unpaired) electrons. The highest BCUT2D eigenvalue weighted by Gasteiger charge is 2.24. The number of unbranched alkanes of at least 4 members (excludes halogenated alkanes) is 1. The van der Waals surface area contributed by atoms with Gasteiger partial charge in [-0.05, 0) is 99.0 Å². The molecule has 3 heterocycles. The average Bonchev–Trinajstić information content (AvgIpc) is 3.42. The third kappa shape index (κ3) is 5.88. The molecule has 1 aliphatic heterocycles. The summed E-state index contributed by atoms with van der Waals surface area (Å²) in [7, 11) is 0. The molecular formula is C32H35N7O2. The van der Waals surface area contributed by atoms with Crippen LogP contribution in [0.4, 0.5) is 5.69 Å². The zero-order valence-corrected chi connectivity index (χ0v) is 23.2. The van der Waals surface area contributed by atoms with Crippen molar-refractivity contribution in [2.24, 2.45) is 5.73 Å². The van der Waals surface area contributed by atoms with E-state index in [2.05, 4.69) is 43.1 Å². The number of nitrogens with one attached hydrogen (secondary N) is 1. The van der Waals surface area contributed by atoms with Crippen LogP contribution in [0.1, 0.15) is 58.4 Å². The Labute approximate surface area is 240 Å². The van der Waals surface area contributed by atoms with E-state index in [0.29, 0.717) is 5.56 Å². The molecule has 0 bridgehead atoms. The van der Waals surface area contributed by atoms with E-state index in [9.17, 15) is 10.1 Å². The molecule has 9 nitrogen and oxygen atoms in total. The topological polar surface area (TPSA) is 124 Å². The smallest absolute Gasteiger partial charge is 0.322 e. The van der Waals surface area contributed by atoms with Gasteiger partial charge in [0.15, 0.2) is 0 Å². The van der Waals surface area contributed by atoms with Crippen LogP contribution in [0.3, 0.4) is 0 Å². The lowest BCUT2D eigenvalue weighted by molar-refractivity contribution is 0.0994. The number of amides is 1. The van der Waals surface area contributed by atoms with Gasteiger partial charge in [-0.1, -0.05) is 0 Å². The minimum absolute atomic E-state index is 0.144. The van der Waals surface area contributed by atoms with Crippen molar-refractivity contribution < 1.29 is 9.53 Å². The van der Waals surface area contributed by atoms with Crippen molar-refractivity contribution in [1.82, 2.24) is 19.9 Å². The van der Waals surface area contributed by atoms with Gasteiger partial charge in [-0.15, -0.1) is 0 Å². The predicted octanol–water partition coefficient (Wildman–Crippen LogP) is 4.74. The van der Waals surface area contributed by atoms with Gasteiger partial charge in [0.2, 0.25) is 0 Å². The maximum absolute atomic E-state index is 11.5. The molecular weight excluding hydrogens is 514 g/mol. The van der Waals surface area contributed by atoms with Crippen molar-refractivity contribution in [3.05, 3.63) is 76.7 Å². The first kappa shape index (κ1) is 26.8. The Morgan fingerprint density at radius 2 is 1.88 bits per heavy atom. The number of fused-ring (bicyclic) bond motifs is 2. The SMILES string of the molecule is N#Cc1ccc2[nH]cc(CCCCN3CCN(c4ccc(Oc5nccc(C(N)=O)n5)c5c4CCCC5)CC3)c2c1. The Kier molecular flexibility index (Phi) is 7.83. The molecule has 210 valence electrons. The van der Waals surface area contributed by atoms with Crippen LogP contribution >= 0.6 is 0 Å². The minimum Gasteiger partial charge on any atom is -0.424 e. The van der Waals surface area contributed by atoms with Crippen LogP contribution in [0.5, 0.6) is 11.8 Å². The number of aromatic amines is 1. The second-order valence-corrected chi connectivity index (χ2v) is 10.9. The van der Waals surface area contributed by atoms with E-state index in [1.807, 2.05) is 24.3 Å². The number of nitrogens with two attached hydrogens (primary N) is 1. The average molecular weight is 550 g/mol. The van der Waals surface area contributed by atoms with Gasteiger partial charge in [0.25, 0.3) is 5.91 Å². The number of nitriles is 1. The molecule has 1 fully saturated rings. The number of rotatable bonds is 9. The van der Waals surface area contributed by atoms with E-state index in [-0.39, 0.29) is 11.7 Å². The maximum Gasteiger partial charge on any atom is 0.322 e. The summed E-state index contributed by atoms with van der Waals surface area (Å²) in [6, 6.07) is 13.9. The number of anilines is 1. The first-order valence-electron chi connectivity index (χ1n) is 14.5. The summed E-state index contributed by atoms with van der Waals surface area (Å²) in [6.07, 6.45) is 11.2. The van der Waals surface area contributed by atoms with Crippen molar-refractivity contribution in [1.29, 1.82) is 5.26 Å². The quantitative estimate of drug-likeness (QED) is 0.289. The van der Waals surface area contributed by atoms with Gasteiger partial charge in [0.05, 0.1) is 11.6 Å². The third-order valence-corrected chi connectivity index (χ3v) is 8.33. The van der Waals surface area contributed by atoms with Crippen LogP contribution in [0.25, 0.3) is 10.9 Å². The lowest BCUT2D eigenvalue weighted by Crippen LogP contribution is -2.47. The zero-order chi connectivity index (χ0) is 28.2. The Bertz CT molecular complexity index is 1600. The van der Waals surface area contributed by atoms with Crippen molar-refractivity contribution in [3.63, 3.8) is 0 Å². The molecule has 0 spiro atoms. The molecule has 6 rings (SSSR count). The molecule has 2 aliphatic rings. The number of H-pyrrole nitrogens is 1. The van der Waals surface area contributed by atoms with Crippen LogP contribution < -0.4 is 15.4 Å². The number of benzene rings is 2. The number of aromatic nitrogens is 3. The maximum atomic E-state index is 11.5. The monoisotopic (exact) mass is 549 g/mol. The van der Waals surface area contributed by atoms with Gasteiger partial charge in [-0.25, -0.2) is 4.98 Å². The number of nitrogens with zero attached hydrogens (tertiary/aromatic N) is 5. The second kappa shape index (κ2) is 12.0. The molecule has 41 heavy (non-hydrogen) atoms. The number of piperazine rings is 1. The Balaban J connectivity index is 1.04. The van der Waals surface area contributed by atoms with E-state index in [0.717, 1.165) is 82.5 Å². The highest BCUT2D eigenvalue weighted by atomic mass is 16.5. The standard InChI is InChI=1S/C32H35N7O2/c33-20-22-8-9-27-26(19-22)23(21-36-27)5-3-4-14-38-15-17-39(18-16-38)29-10-11-30(25-7-2-1-6-24(25)29)41-32-35-13-12-28(37-32)31(34)40/h8-13,19,21,36H,1-7,14-18H2,(H2,34,40). The number of carbonyl (C=O) groups is 1. The van der Waals surface area contributed by atoms with E-state index in [1.165, 1.54) is 46.4 Å². The lowest BCUT2D eigenvalue weighted by atomic mass is 9.89. The Morgan fingerprint density at radius 1 is 1.05 bits per heavy atom. The summed E-state index contributed by atoms with van der Waals surface area (Å²) in [5.74, 6) is 0.168. The molecule has 0 saturated carbocycles. The zero-order valence-electron chi connectivity index (χ0n) is 23.2. The van der Waals surface area contributed by atoms with Crippen molar-refractivity contribution in [2.75, 3.05) is 37.6 Å². The van der Waals surface area contributed by atoms with Gasteiger partial charge >= 0.3 is 6.01 Å². The van der Waals surface area contributed by atoms with E-state index in [4.69, 9.17) is 10.5 Å². The molecule has 3 N–H and O–H groups in total. The number of aryl methyl sites for hydroxylation is 1. The van der Waals surface area contributed by atoms with Crippen LogP contribution in [-0.2, 0) is 19.3 Å². The molecule has 1 saturated heterocycles. The van der Waals surface area contributed by atoms with E-state index >= 15 is 0 Å². The van der Waals surface area contributed by atoms with Gasteiger partial charge in [-0.2, -0.15) is 10.2 Å². The number of ether oxygens (including phenoxy) is 1. The van der Waals surface area contributed by atoms with Gasteiger partial charge in [0.1, 0.15) is 11.4 Å². The predicted molar refractivity (Wildman–Crippen MR) is 158 cm³/mol. The number of hydrogen-bond acceptors (Lipinski definition) is 7. The fourth-order valence-corrected chi connectivity index (χ4v) is 6.15. The molecule has 4 aromatic rings. The van der Waals surface area contributed by atoms with E-state index < -0.39 is 5.91 Å². The molecule has 0 atom stereocenters. The van der Waals surface area contributed by atoms with Crippen molar-refractivity contribution >= 4 is 22.5 Å². The second-order valence-electron chi connectivity index (χ2n) is 10.9. The van der Waals surface area contributed by atoms with E-state index in [1.54, 1.807) is 0 Å². The Morgan fingerprint density at radius 3 is 2.68 bits per heavy atom. The summed E-state index contributed by atoms with van der Waals surface area (Å²) >= 11 is 0. The minimum atomic E-state index is -0.599. The third-order valence-electron chi connectivity index (χ3n) is 8.33. The van der Waals surface area contributed by atoms with Crippen molar-refractivity contribution in [3.8, 4) is 17.8 Å². The molecule has 1 aliphatic carbocycles. The Hall–Kier alpha value is -4.42. The summed E-state index contributed by atoms with van der Waals surface area (Å²) < 4.78 is 6.07. The van der Waals surface area contributed by atoms with Crippen LogP contribution in [0, 0.1) is 11.3 Å². The summed E-state index contributed by atoms with van der Waals surface area (Å²) in [4.78, 5) is 28.3. The molecule has 1 amide bonds. The first-order chi connectivity index (χ1) is 20.1. The molecule has 9 heteroatoms. The highest BCUT2D eigenvalue weighted by molar-refractivity contribution is 5.90. The number of hydrogen-bond donors (Lipinski definition) is 2. The summed E-state index contributed by atoms with van der Waals surface area (Å²) in [5, 5.41) is 10.4. The van der Waals surface area contributed by atoms with Gasteiger partial charge in [0, 0.05) is 60.7 Å². The van der Waals surface area contributed by atoms with Gasteiger partial charge in [-0.3, -0.25) is 9.69 Å². The van der Waals surface area contributed by atoms with Crippen molar-refractivity contribution in [2.45, 2.75) is 44.9 Å². The first-order valence-corrected chi connectivity index (χ1v) is 14.5. The normalized spacial score (nSPS) is 15.4. The number of primary amides is 1. The summed E-state index contributed by atoms with van der Waals surface area (Å²) in [6.45, 7) is 5.24. The fraction of sp³-hybridized carbons (Fsp3) is 0.375. The number of carbonyl (C=O) groups excluding carboxylic acids is 1. The molecule has 0 unspecified atom stereocenters.